The van der Waals surface area contributed by atoms with Gasteiger partial charge in [0.25, 0.3) is 0 Å². The van der Waals surface area contributed by atoms with Gasteiger partial charge in [0.05, 0.1) is 11.9 Å². The van der Waals surface area contributed by atoms with E-state index < -0.39 is 0 Å². The summed E-state index contributed by atoms with van der Waals surface area (Å²) in [5.74, 6) is -0.0454. The molecule has 1 saturated heterocycles. The lowest BCUT2D eigenvalue weighted by Gasteiger charge is -2.36. The topological polar surface area (TPSA) is 52.9 Å². The summed E-state index contributed by atoms with van der Waals surface area (Å²) in [6, 6.07) is 14.4. The summed E-state index contributed by atoms with van der Waals surface area (Å²) in [6.07, 6.45) is 4.07. The first kappa shape index (κ1) is 17.2. The second kappa shape index (κ2) is 8.48. The Morgan fingerprint density at radius 1 is 1.12 bits per heavy atom. The van der Waals surface area contributed by atoms with Crippen LogP contribution >= 0.6 is 0 Å². The highest BCUT2D eigenvalue weighted by Gasteiger charge is 2.17. The van der Waals surface area contributed by atoms with Crippen LogP contribution in [0.3, 0.4) is 0 Å². The number of anilines is 1. The Bertz CT molecular complexity index is 702. The zero-order chi connectivity index (χ0) is 17.5. The third-order valence-corrected chi connectivity index (χ3v) is 4.52. The Kier molecular flexibility index (Phi) is 5.85. The smallest absolute Gasteiger partial charge is 0.241 e. The molecule has 2 aromatic rings. The lowest BCUT2D eigenvalue weighted by molar-refractivity contribution is -0.121. The molecule has 0 bridgehead atoms. The molecule has 1 amide bonds. The van der Waals surface area contributed by atoms with Gasteiger partial charge in [-0.15, -0.1) is 0 Å². The summed E-state index contributed by atoms with van der Waals surface area (Å²) in [7, 11) is 1.94. The van der Waals surface area contributed by atoms with Crippen molar-refractivity contribution in [3.05, 3.63) is 54.4 Å². The molecule has 0 aliphatic carbocycles. The molecule has 0 spiro atoms. The fourth-order valence-electron chi connectivity index (χ4n) is 2.96. The molecule has 0 unspecified atom stereocenters. The molecule has 1 aliphatic rings. The highest BCUT2D eigenvalue weighted by atomic mass is 16.2. The van der Waals surface area contributed by atoms with Crippen molar-refractivity contribution in [2.45, 2.75) is 6.42 Å². The van der Waals surface area contributed by atoms with Crippen LogP contribution in [0, 0.1) is 0 Å². The highest BCUT2D eigenvalue weighted by Crippen LogP contribution is 2.15. The number of carbonyl (C=O) groups is 1. The number of hydrazone groups is 1. The number of aromatic nitrogens is 1. The molecule has 1 aliphatic heterocycles. The van der Waals surface area contributed by atoms with Crippen molar-refractivity contribution >= 4 is 17.8 Å². The number of benzene rings is 1. The molecule has 132 valence electrons. The van der Waals surface area contributed by atoms with Gasteiger partial charge >= 0.3 is 0 Å². The van der Waals surface area contributed by atoms with Crippen molar-refractivity contribution in [1.82, 2.24) is 14.9 Å². The van der Waals surface area contributed by atoms with E-state index in [0.717, 1.165) is 38.4 Å². The van der Waals surface area contributed by atoms with Crippen molar-refractivity contribution in [3.8, 4) is 0 Å². The van der Waals surface area contributed by atoms with E-state index >= 15 is 0 Å². The summed E-state index contributed by atoms with van der Waals surface area (Å²) in [5.41, 5.74) is 4.83. The molecular formula is C19H25N5O. The van der Waals surface area contributed by atoms with Gasteiger partial charge in [-0.2, -0.15) is 5.10 Å². The van der Waals surface area contributed by atoms with Crippen LogP contribution in [-0.2, 0) is 11.8 Å². The summed E-state index contributed by atoms with van der Waals surface area (Å²) in [4.78, 5) is 16.6. The van der Waals surface area contributed by atoms with Crippen LogP contribution in [0.5, 0.6) is 0 Å². The summed E-state index contributed by atoms with van der Waals surface area (Å²) in [5, 5.41) is 4.02. The van der Waals surface area contributed by atoms with Crippen LogP contribution in [0.25, 0.3) is 0 Å². The normalized spacial score (nSPS) is 15.6. The third kappa shape index (κ3) is 4.93. The first-order valence-electron chi connectivity index (χ1n) is 8.68. The van der Waals surface area contributed by atoms with E-state index in [1.54, 1.807) is 6.21 Å². The van der Waals surface area contributed by atoms with E-state index in [4.69, 9.17) is 0 Å². The lowest BCUT2D eigenvalue weighted by atomic mass is 10.2. The molecule has 2 heterocycles. The largest absolute Gasteiger partial charge is 0.369 e. The number of nitrogens with zero attached hydrogens (tertiary/aromatic N) is 4. The van der Waals surface area contributed by atoms with Gasteiger partial charge in [-0.1, -0.05) is 18.2 Å². The number of hydrogen-bond donors (Lipinski definition) is 1. The van der Waals surface area contributed by atoms with Crippen molar-refractivity contribution in [1.29, 1.82) is 0 Å². The molecule has 0 radical (unpaired) electrons. The van der Waals surface area contributed by atoms with Crippen molar-refractivity contribution < 1.29 is 4.79 Å². The molecule has 25 heavy (non-hydrogen) atoms. The molecule has 1 aromatic carbocycles. The van der Waals surface area contributed by atoms with Crippen LogP contribution in [0.15, 0.2) is 53.8 Å². The molecule has 6 heteroatoms. The summed E-state index contributed by atoms with van der Waals surface area (Å²) < 4.78 is 1.95. The second-order valence-electron chi connectivity index (χ2n) is 6.25. The molecule has 3 rings (SSSR count). The predicted octanol–water partition coefficient (Wildman–Crippen LogP) is 1.69. The maximum Gasteiger partial charge on any atom is 0.241 e. The number of aryl methyl sites for hydroxylation is 1. The van der Waals surface area contributed by atoms with Gasteiger partial charge in [0.1, 0.15) is 0 Å². The Balaban J connectivity index is 1.36. The third-order valence-electron chi connectivity index (χ3n) is 4.52. The number of carbonyl (C=O) groups excluding carboxylic acids is 1. The molecular weight excluding hydrogens is 314 g/mol. The van der Waals surface area contributed by atoms with E-state index in [0.29, 0.717) is 6.42 Å². The Morgan fingerprint density at radius 3 is 2.56 bits per heavy atom. The number of hydrogen-bond acceptors (Lipinski definition) is 4. The SMILES string of the molecule is Cn1cccc1/C=N/NC(=O)CCN1CCN(c2ccccc2)CC1. The van der Waals surface area contributed by atoms with Crippen molar-refractivity contribution in [2.24, 2.45) is 12.1 Å². The van der Waals surface area contributed by atoms with E-state index in [-0.39, 0.29) is 5.91 Å². The first-order chi connectivity index (χ1) is 12.2. The highest BCUT2D eigenvalue weighted by molar-refractivity contribution is 5.81. The number of piperazine rings is 1. The average molecular weight is 339 g/mol. The minimum Gasteiger partial charge on any atom is -0.369 e. The molecule has 1 fully saturated rings. The summed E-state index contributed by atoms with van der Waals surface area (Å²) in [6.45, 7) is 4.73. The minimum atomic E-state index is -0.0454. The Hall–Kier alpha value is -2.60. The standard InChI is InChI=1S/C19H25N5O/c1-22-10-5-8-18(22)16-20-21-19(25)9-11-23-12-14-24(15-13-23)17-6-3-2-4-7-17/h2-8,10,16H,9,11-15H2,1H3,(H,21,25)/b20-16+. The van der Waals surface area contributed by atoms with Crippen LogP contribution in [0.1, 0.15) is 12.1 Å². The lowest BCUT2D eigenvalue weighted by Crippen LogP contribution is -2.47. The number of para-hydroxylation sites is 1. The predicted molar refractivity (Wildman–Crippen MR) is 101 cm³/mol. The van der Waals surface area contributed by atoms with Crippen molar-refractivity contribution in [3.63, 3.8) is 0 Å². The van der Waals surface area contributed by atoms with Crippen LogP contribution < -0.4 is 10.3 Å². The molecule has 0 atom stereocenters. The summed E-state index contributed by atoms with van der Waals surface area (Å²) >= 11 is 0. The fraction of sp³-hybridized carbons (Fsp3) is 0.368. The molecule has 1 aromatic heterocycles. The van der Waals surface area contributed by atoms with Gasteiger partial charge in [0, 0.05) is 58.1 Å². The minimum absolute atomic E-state index is 0.0454. The molecule has 1 N–H and O–H groups in total. The van der Waals surface area contributed by atoms with Gasteiger partial charge in [0.2, 0.25) is 5.91 Å². The number of rotatable bonds is 6. The fourth-order valence-corrected chi connectivity index (χ4v) is 2.96. The van der Waals surface area contributed by atoms with E-state index in [1.165, 1.54) is 5.69 Å². The zero-order valence-electron chi connectivity index (χ0n) is 14.6. The maximum absolute atomic E-state index is 11.9. The first-order valence-corrected chi connectivity index (χ1v) is 8.68. The van der Waals surface area contributed by atoms with Crippen molar-refractivity contribution in [2.75, 3.05) is 37.6 Å². The Morgan fingerprint density at radius 2 is 1.88 bits per heavy atom. The van der Waals surface area contributed by atoms with Gasteiger partial charge in [-0.25, -0.2) is 5.43 Å². The monoisotopic (exact) mass is 339 g/mol. The van der Waals surface area contributed by atoms with Crippen LogP contribution in [-0.4, -0.2) is 54.3 Å². The Labute approximate surface area is 148 Å². The van der Waals surface area contributed by atoms with Gasteiger partial charge in [-0.05, 0) is 24.3 Å². The second-order valence-corrected chi connectivity index (χ2v) is 6.25. The maximum atomic E-state index is 11.9. The van der Waals surface area contributed by atoms with E-state index in [1.807, 2.05) is 36.0 Å². The average Bonchev–Trinajstić information content (AvgIpc) is 3.06. The van der Waals surface area contributed by atoms with Crippen LogP contribution in [0.2, 0.25) is 0 Å². The molecule has 6 nitrogen and oxygen atoms in total. The van der Waals surface area contributed by atoms with E-state index in [2.05, 4.69) is 44.6 Å². The van der Waals surface area contributed by atoms with Gasteiger partial charge in [0.15, 0.2) is 0 Å². The number of amides is 1. The van der Waals surface area contributed by atoms with E-state index in [9.17, 15) is 4.79 Å². The van der Waals surface area contributed by atoms with Gasteiger partial charge < -0.3 is 9.47 Å². The van der Waals surface area contributed by atoms with Crippen LogP contribution in [0.4, 0.5) is 5.69 Å². The molecule has 0 saturated carbocycles. The zero-order valence-corrected chi connectivity index (χ0v) is 14.6. The number of nitrogens with one attached hydrogen (secondary N) is 1. The quantitative estimate of drug-likeness (QED) is 0.644. The van der Waals surface area contributed by atoms with Gasteiger partial charge in [-0.3, -0.25) is 9.69 Å².